The van der Waals surface area contributed by atoms with Gasteiger partial charge in [-0.2, -0.15) is 5.10 Å². The lowest BCUT2D eigenvalue weighted by Gasteiger charge is -2.14. The van der Waals surface area contributed by atoms with Crippen molar-refractivity contribution >= 4 is 22.6 Å². The van der Waals surface area contributed by atoms with Gasteiger partial charge in [-0.1, -0.05) is 29.8 Å². The van der Waals surface area contributed by atoms with Crippen LogP contribution in [-0.2, 0) is 0 Å². The summed E-state index contributed by atoms with van der Waals surface area (Å²) in [5, 5.41) is 5.51. The van der Waals surface area contributed by atoms with Crippen LogP contribution in [0.3, 0.4) is 0 Å². The van der Waals surface area contributed by atoms with Gasteiger partial charge in [-0.15, -0.1) is 0 Å². The molecule has 3 aromatic carbocycles. The van der Waals surface area contributed by atoms with Gasteiger partial charge in [0.05, 0.1) is 23.3 Å². The van der Waals surface area contributed by atoms with E-state index in [0.717, 1.165) is 28.5 Å². The summed E-state index contributed by atoms with van der Waals surface area (Å²) in [6, 6.07) is 24.7. The normalized spacial score (nSPS) is 11.3. The largest absolute Gasteiger partial charge is 0.304 e. The van der Waals surface area contributed by atoms with Gasteiger partial charge >= 0.3 is 0 Å². The van der Waals surface area contributed by atoms with E-state index in [9.17, 15) is 4.79 Å². The van der Waals surface area contributed by atoms with Crippen molar-refractivity contribution in [1.82, 2.24) is 28.9 Å². The van der Waals surface area contributed by atoms with Crippen molar-refractivity contribution < 1.29 is 0 Å². The minimum Gasteiger partial charge on any atom is -0.304 e. The van der Waals surface area contributed by atoms with Gasteiger partial charge < -0.3 is 4.57 Å². The van der Waals surface area contributed by atoms with E-state index >= 15 is 0 Å². The molecule has 7 nitrogen and oxygen atoms in total. The fourth-order valence-electron chi connectivity index (χ4n) is 4.40. The van der Waals surface area contributed by atoms with E-state index < -0.39 is 0 Å². The zero-order valence-corrected chi connectivity index (χ0v) is 20.4. The van der Waals surface area contributed by atoms with E-state index in [4.69, 9.17) is 16.6 Å². The summed E-state index contributed by atoms with van der Waals surface area (Å²) in [4.78, 5) is 23.3. The van der Waals surface area contributed by atoms with E-state index in [2.05, 4.69) is 10.1 Å². The molecule has 0 unspecified atom stereocenters. The third kappa shape index (κ3) is 3.70. The summed E-state index contributed by atoms with van der Waals surface area (Å²) in [7, 11) is 0. The topological polar surface area (TPSA) is 70.5 Å². The van der Waals surface area contributed by atoms with Crippen LogP contribution in [0.1, 0.15) is 11.5 Å². The number of imidazole rings is 1. The number of para-hydroxylation sites is 1. The molecule has 0 spiro atoms. The van der Waals surface area contributed by atoms with Crippen molar-refractivity contribution in [2.24, 2.45) is 0 Å². The van der Waals surface area contributed by atoms with Crippen LogP contribution >= 0.6 is 11.6 Å². The molecule has 3 aromatic heterocycles. The lowest BCUT2D eigenvalue weighted by atomic mass is 10.1. The van der Waals surface area contributed by atoms with Gasteiger partial charge in [0.2, 0.25) is 0 Å². The van der Waals surface area contributed by atoms with Gasteiger partial charge in [-0.05, 0) is 74.5 Å². The third-order valence-electron chi connectivity index (χ3n) is 6.09. The van der Waals surface area contributed by atoms with Crippen LogP contribution in [0.25, 0.3) is 39.5 Å². The lowest BCUT2D eigenvalue weighted by Crippen LogP contribution is -2.22. The maximum atomic E-state index is 13.8. The van der Waals surface area contributed by atoms with Gasteiger partial charge in [0, 0.05) is 22.5 Å². The first-order valence-electron chi connectivity index (χ1n) is 11.4. The number of halogens is 1. The number of aromatic nitrogens is 6. The molecule has 0 fully saturated rings. The number of nitrogens with zero attached hydrogens (tertiary/aromatic N) is 6. The van der Waals surface area contributed by atoms with Crippen molar-refractivity contribution in [3.05, 3.63) is 118 Å². The van der Waals surface area contributed by atoms with Gasteiger partial charge in [-0.25, -0.2) is 14.6 Å². The molecular formula is C28H21ClN6O. The number of aryl methyl sites for hydroxylation is 2. The zero-order valence-electron chi connectivity index (χ0n) is 19.6. The van der Waals surface area contributed by atoms with Gasteiger partial charge in [0.1, 0.15) is 17.0 Å². The Bertz CT molecular complexity index is 1760. The molecule has 0 atom stereocenters. The molecule has 0 saturated carbocycles. The molecule has 0 N–H and O–H groups in total. The first-order valence-corrected chi connectivity index (χ1v) is 11.8. The highest BCUT2D eigenvalue weighted by molar-refractivity contribution is 6.30. The van der Waals surface area contributed by atoms with Crippen LogP contribution in [0.2, 0.25) is 5.02 Å². The standard InChI is InChI=1S/C28H21ClN6O/c1-18-17-33(19(2)31-18)22-12-8-20(9-13-22)26-32-27-25(16-30-35(27)24-6-4-3-5-7-24)28(36)34(26)23-14-10-21(29)11-15-23/h3-17H,1-2H3. The van der Waals surface area contributed by atoms with E-state index in [1.165, 1.54) is 0 Å². The summed E-state index contributed by atoms with van der Waals surface area (Å²) < 4.78 is 5.34. The lowest BCUT2D eigenvalue weighted by molar-refractivity contribution is 0.888. The van der Waals surface area contributed by atoms with Gasteiger partial charge in [0.15, 0.2) is 5.65 Å². The Kier molecular flexibility index (Phi) is 5.27. The maximum absolute atomic E-state index is 13.8. The van der Waals surface area contributed by atoms with Gasteiger partial charge in [-0.3, -0.25) is 9.36 Å². The van der Waals surface area contributed by atoms with Crippen LogP contribution in [0.4, 0.5) is 0 Å². The highest BCUT2D eigenvalue weighted by Crippen LogP contribution is 2.25. The predicted molar refractivity (Wildman–Crippen MR) is 142 cm³/mol. The minimum atomic E-state index is -0.204. The quantitative estimate of drug-likeness (QED) is 0.317. The summed E-state index contributed by atoms with van der Waals surface area (Å²) in [5.41, 5.74) is 4.52. The second-order valence-electron chi connectivity index (χ2n) is 8.53. The highest BCUT2D eigenvalue weighted by atomic mass is 35.5. The van der Waals surface area contributed by atoms with Crippen LogP contribution in [0.5, 0.6) is 0 Å². The first kappa shape index (κ1) is 22.0. The molecular weight excluding hydrogens is 472 g/mol. The van der Waals surface area contributed by atoms with E-state index in [-0.39, 0.29) is 5.56 Å². The average Bonchev–Trinajstić information content (AvgIpc) is 3.48. The fourth-order valence-corrected chi connectivity index (χ4v) is 4.53. The average molecular weight is 493 g/mol. The third-order valence-corrected chi connectivity index (χ3v) is 6.34. The summed E-state index contributed by atoms with van der Waals surface area (Å²) in [5.74, 6) is 1.42. The summed E-state index contributed by atoms with van der Waals surface area (Å²) in [6.45, 7) is 3.94. The van der Waals surface area contributed by atoms with Crippen molar-refractivity contribution in [2.45, 2.75) is 13.8 Å². The molecule has 0 bridgehead atoms. The first-order chi connectivity index (χ1) is 17.5. The Morgan fingerprint density at radius 3 is 2.14 bits per heavy atom. The van der Waals surface area contributed by atoms with Crippen molar-refractivity contribution in [1.29, 1.82) is 0 Å². The minimum absolute atomic E-state index is 0.204. The van der Waals surface area contributed by atoms with Crippen molar-refractivity contribution in [2.75, 3.05) is 0 Å². The van der Waals surface area contributed by atoms with E-state index in [1.54, 1.807) is 27.6 Å². The molecule has 0 saturated heterocycles. The summed E-state index contributed by atoms with van der Waals surface area (Å²) in [6.07, 6.45) is 3.57. The molecule has 36 heavy (non-hydrogen) atoms. The maximum Gasteiger partial charge on any atom is 0.269 e. The van der Waals surface area contributed by atoms with Crippen LogP contribution in [-0.4, -0.2) is 28.9 Å². The number of benzene rings is 3. The molecule has 6 rings (SSSR count). The number of fused-ring (bicyclic) bond motifs is 1. The molecule has 8 heteroatoms. The molecule has 3 heterocycles. The van der Waals surface area contributed by atoms with E-state index in [0.29, 0.717) is 27.6 Å². The van der Waals surface area contributed by atoms with Crippen molar-refractivity contribution in [3.63, 3.8) is 0 Å². The number of hydrogen-bond donors (Lipinski definition) is 0. The van der Waals surface area contributed by atoms with Crippen LogP contribution in [0, 0.1) is 13.8 Å². The Balaban J connectivity index is 1.59. The van der Waals surface area contributed by atoms with E-state index in [1.807, 2.05) is 91.3 Å². The Labute approximate surface area is 211 Å². The molecule has 176 valence electrons. The molecule has 0 aliphatic rings. The van der Waals surface area contributed by atoms with Crippen molar-refractivity contribution in [3.8, 4) is 28.5 Å². The molecule has 0 radical (unpaired) electrons. The smallest absolute Gasteiger partial charge is 0.269 e. The summed E-state index contributed by atoms with van der Waals surface area (Å²) >= 11 is 6.13. The van der Waals surface area contributed by atoms with Crippen LogP contribution < -0.4 is 5.56 Å². The predicted octanol–water partition coefficient (Wildman–Crippen LogP) is 5.69. The second kappa shape index (κ2) is 8.62. The molecule has 0 amide bonds. The SMILES string of the molecule is Cc1cn(-c2ccc(-c3nc4c(cnn4-c4ccccc4)c(=O)n3-c3ccc(Cl)cc3)cc2)c(C)n1. The molecule has 0 aliphatic carbocycles. The van der Waals surface area contributed by atoms with Crippen LogP contribution in [0.15, 0.2) is 96.1 Å². The Morgan fingerprint density at radius 2 is 1.47 bits per heavy atom. The second-order valence-corrected chi connectivity index (χ2v) is 8.96. The monoisotopic (exact) mass is 492 g/mol. The van der Waals surface area contributed by atoms with Gasteiger partial charge in [0.25, 0.3) is 5.56 Å². The molecule has 6 aromatic rings. The highest BCUT2D eigenvalue weighted by Gasteiger charge is 2.19. The fraction of sp³-hybridized carbons (Fsp3) is 0.0714. The number of rotatable bonds is 4. The Hall–Kier alpha value is -4.49. The zero-order chi connectivity index (χ0) is 24.8. The number of hydrogen-bond acceptors (Lipinski definition) is 4. The molecule has 0 aliphatic heterocycles. The Morgan fingerprint density at radius 1 is 0.778 bits per heavy atom.